The summed E-state index contributed by atoms with van der Waals surface area (Å²) in [6.45, 7) is 7.13. The van der Waals surface area contributed by atoms with E-state index in [0.717, 1.165) is 50.1 Å². The van der Waals surface area contributed by atoms with Gasteiger partial charge in [-0.15, -0.1) is 24.0 Å². The van der Waals surface area contributed by atoms with Crippen LogP contribution in [0.5, 0.6) is 0 Å². The van der Waals surface area contributed by atoms with E-state index in [2.05, 4.69) is 39.2 Å². The zero-order chi connectivity index (χ0) is 18.2. The second-order valence-corrected chi connectivity index (χ2v) is 6.14. The third-order valence-corrected chi connectivity index (χ3v) is 4.35. The first-order chi connectivity index (χ1) is 12.8. The Labute approximate surface area is 177 Å². The highest BCUT2D eigenvalue weighted by atomic mass is 127. The molecule has 0 atom stereocenters. The van der Waals surface area contributed by atoms with Crippen LogP contribution < -0.4 is 10.2 Å². The Bertz CT molecular complexity index is 779. The Kier molecular flexibility index (Phi) is 8.33. The molecular weight excluding hydrogens is 451 g/mol. The number of aromatic nitrogens is 1. The monoisotopic (exact) mass is 476 g/mol. The van der Waals surface area contributed by atoms with Crippen LogP contribution in [0.25, 0.3) is 0 Å². The molecule has 0 amide bonds. The average molecular weight is 476 g/mol. The summed E-state index contributed by atoms with van der Waals surface area (Å²) in [4.78, 5) is 13.8. The number of pyridine rings is 1. The molecule has 1 saturated heterocycles. The summed E-state index contributed by atoms with van der Waals surface area (Å²) < 4.78 is 0. The molecule has 2 aromatic rings. The first-order valence-corrected chi connectivity index (χ1v) is 8.98. The maximum absolute atomic E-state index is 9.03. The van der Waals surface area contributed by atoms with Gasteiger partial charge < -0.3 is 15.1 Å². The lowest BCUT2D eigenvalue weighted by atomic mass is 10.1. The molecule has 1 aliphatic heterocycles. The van der Waals surface area contributed by atoms with Crippen molar-refractivity contribution >= 4 is 35.8 Å². The minimum absolute atomic E-state index is 0. The van der Waals surface area contributed by atoms with Crippen molar-refractivity contribution in [3.8, 4) is 6.07 Å². The third-order valence-electron chi connectivity index (χ3n) is 4.35. The van der Waals surface area contributed by atoms with Gasteiger partial charge in [-0.05, 0) is 36.8 Å². The average Bonchev–Trinajstić information content (AvgIpc) is 2.72. The van der Waals surface area contributed by atoms with Gasteiger partial charge in [-0.2, -0.15) is 5.26 Å². The lowest BCUT2D eigenvalue weighted by Gasteiger charge is -2.37. The van der Waals surface area contributed by atoms with E-state index in [0.29, 0.717) is 12.1 Å². The number of rotatable bonds is 4. The van der Waals surface area contributed by atoms with Crippen LogP contribution in [0.2, 0.25) is 0 Å². The predicted octanol–water partition coefficient (Wildman–Crippen LogP) is 2.86. The second kappa shape index (κ2) is 10.7. The summed E-state index contributed by atoms with van der Waals surface area (Å²) in [5, 5.41) is 12.4. The number of hydrogen-bond donors (Lipinski definition) is 1. The van der Waals surface area contributed by atoms with Crippen molar-refractivity contribution in [2.75, 3.05) is 37.6 Å². The number of piperazine rings is 1. The van der Waals surface area contributed by atoms with Gasteiger partial charge in [-0.25, -0.2) is 9.98 Å². The number of guanidine groups is 1. The molecule has 27 heavy (non-hydrogen) atoms. The molecule has 0 bridgehead atoms. The van der Waals surface area contributed by atoms with Crippen LogP contribution in [0.1, 0.15) is 18.1 Å². The fourth-order valence-corrected chi connectivity index (χ4v) is 3.02. The van der Waals surface area contributed by atoms with Crippen LogP contribution in [-0.2, 0) is 6.54 Å². The summed E-state index contributed by atoms with van der Waals surface area (Å²) in [7, 11) is 0. The molecule has 7 heteroatoms. The van der Waals surface area contributed by atoms with Gasteiger partial charge in [0.2, 0.25) is 0 Å². The summed E-state index contributed by atoms with van der Waals surface area (Å²) in [5.41, 5.74) is 1.72. The SMILES string of the molecule is CCNC(=NCc1cccc(C#N)c1)N1CCN(c2ccccn2)CC1.I. The van der Waals surface area contributed by atoms with Crippen molar-refractivity contribution in [3.63, 3.8) is 0 Å². The lowest BCUT2D eigenvalue weighted by molar-refractivity contribution is 0.371. The third kappa shape index (κ3) is 5.82. The van der Waals surface area contributed by atoms with Crippen molar-refractivity contribution in [2.24, 2.45) is 4.99 Å². The zero-order valence-electron chi connectivity index (χ0n) is 15.5. The molecule has 1 fully saturated rings. The molecule has 0 radical (unpaired) electrons. The molecule has 0 aliphatic carbocycles. The summed E-state index contributed by atoms with van der Waals surface area (Å²) in [5.74, 6) is 1.96. The van der Waals surface area contributed by atoms with Gasteiger partial charge in [-0.3, -0.25) is 0 Å². The number of aliphatic imine (C=N–C) groups is 1. The maximum Gasteiger partial charge on any atom is 0.194 e. The summed E-state index contributed by atoms with van der Waals surface area (Å²) >= 11 is 0. The topological polar surface area (TPSA) is 67.6 Å². The van der Waals surface area contributed by atoms with E-state index in [1.54, 1.807) is 0 Å². The molecule has 0 saturated carbocycles. The Hall–Kier alpha value is -2.34. The Balaban J connectivity index is 0.00000261. The number of halogens is 1. The summed E-state index contributed by atoms with van der Waals surface area (Å²) in [6, 6.07) is 15.8. The molecule has 1 N–H and O–H groups in total. The second-order valence-electron chi connectivity index (χ2n) is 6.14. The minimum Gasteiger partial charge on any atom is -0.357 e. The fraction of sp³-hybridized carbons (Fsp3) is 0.350. The number of hydrogen-bond acceptors (Lipinski definition) is 4. The van der Waals surface area contributed by atoms with E-state index in [1.165, 1.54) is 0 Å². The molecule has 1 aromatic carbocycles. The number of nitriles is 1. The van der Waals surface area contributed by atoms with Gasteiger partial charge in [0.25, 0.3) is 0 Å². The van der Waals surface area contributed by atoms with Gasteiger partial charge >= 0.3 is 0 Å². The van der Waals surface area contributed by atoms with Crippen molar-refractivity contribution in [2.45, 2.75) is 13.5 Å². The number of anilines is 1. The highest BCUT2D eigenvalue weighted by Crippen LogP contribution is 2.13. The molecular formula is C20H25IN6. The van der Waals surface area contributed by atoms with Crippen LogP contribution in [0.3, 0.4) is 0 Å². The van der Waals surface area contributed by atoms with Gasteiger partial charge in [0.15, 0.2) is 5.96 Å². The molecule has 2 heterocycles. The van der Waals surface area contributed by atoms with E-state index in [9.17, 15) is 0 Å². The van der Waals surface area contributed by atoms with E-state index >= 15 is 0 Å². The predicted molar refractivity (Wildman–Crippen MR) is 119 cm³/mol. The highest BCUT2D eigenvalue weighted by Gasteiger charge is 2.20. The van der Waals surface area contributed by atoms with Crippen molar-refractivity contribution < 1.29 is 0 Å². The van der Waals surface area contributed by atoms with Crippen molar-refractivity contribution in [3.05, 3.63) is 59.8 Å². The molecule has 142 valence electrons. The highest BCUT2D eigenvalue weighted by molar-refractivity contribution is 14.0. The Morgan fingerprint density at radius 1 is 1.19 bits per heavy atom. The smallest absolute Gasteiger partial charge is 0.194 e. The van der Waals surface area contributed by atoms with Crippen LogP contribution in [0.4, 0.5) is 5.82 Å². The Morgan fingerprint density at radius 3 is 2.67 bits per heavy atom. The summed E-state index contributed by atoms with van der Waals surface area (Å²) in [6.07, 6.45) is 1.84. The van der Waals surface area contributed by atoms with Gasteiger partial charge in [-0.1, -0.05) is 18.2 Å². The van der Waals surface area contributed by atoms with Gasteiger partial charge in [0.1, 0.15) is 5.82 Å². The molecule has 0 unspecified atom stereocenters. The molecule has 3 rings (SSSR count). The number of benzene rings is 1. The molecule has 6 nitrogen and oxygen atoms in total. The van der Waals surface area contributed by atoms with Crippen LogP contribution in [0.15, 0.2) is 53.7 Å². The van der Waals surface area contributed by atoms with E-state index in [4.69, 9.17) is 10.3 Å². The Morgan fingerprint density at radius 2 is 2.00 bits per heavy atom. The first kappa shape index (κ1) is 21.0. The standard InChI is InChI=1S/C20H24N6.HI/c1-2-22-20(24-16-18-7-5-6-17(14-18)15-21)26-12-10-25(11-13-26)19-8-3-4-9-23-19;/h3-9,14H,2,10-13,16H2,1H3,(H,22,24);1H. The van der Waals surface area contributed by atoms with Gasteiger partial charge in [0, 0.05) is 38.9 Å². The maximum atomic E-state index is 9.03. The van der Waals surface area contributed by atoms with Crippen LogP contribution >= 0.6 is 24.0 Å². The van der Waals surface area contributed by atoms with E-state index < -0.39 is 0 Å². The van der Waals surface area contributed by atoms with Gasteiger partial charge in [0.05, 0.1) is 18.2 Å². The van der Waals surface area contributed by atoms with E-state index in [1.807, 2.05) is 42.6 Å². The molecule has 1 aromatic heterocycles. The number of nitrogens with one attached hydrogen (secondary N) is 1. The van der Waals surface area contributed by atoms with Crippen molar-refractivity contribution in [1.29, 1.82) is 5.26 Å². The number of nitrogens with zero attached hydrogens (tertiary/aromatic N) is 5. The van der Waals surface area contributed by atoms with Crippen molar-refractivity contribution in [1.82, 2.24) is 15.2 Å². The van der Waals surface area contributed by atoms with Crippen LogP contribution in [-0.4, -0.2) is 48.6 Å². The fourth-order valence-electron chi connectivity index (χ4n) is 3.02. The van der Waals surface area contributed by atoms with Crippen LogP contribution in [0, 0.1) is 11.3 Å². The molecule has 1 aliphatic rings. The zero-order valence-corrected chi connectivity index (χ0v) is 17.8. The molecule has 0 spiro atoms. The lowest BCUT2D eigenvalue weighted by Crippen LogP contribution is -2.52. The first-order valence-electron chi connectivity index (χ1n) is 8.98. The quantitative estimate of drug-likeness (QED) is 0.418. The van der Waals surface area contributed by atoms with E-state index in [-0.39, 0.29) is 24.0 Å². The largest absolute Gasteiger partial charge is 0.357 e. The normalized spacial score (nSPS) is 14.3. The minimum atomic E-state index is 0.